The summed E-state index contributed by atoms with van der Waals surface area (Å²) in [5.74, 6) is 1.92. The smallest absolute Gasteiger partial charge is 0.194 e. The van der Waals surface area contributed by atoms with Gasteiger partial charge in [0.1, 0.15) is 5.82 Å². The molecule has 0 radical (unpaired) electrons. The molecule has 1 saturated heterocycles. The highest BCUT2D eigenvalue weighted by Crippen LogP contribution is 2.15. The molecule has 0 amide bonds. The molecule has 30 heavy (non-hydrogen) atoms. The van der Waals surface area contributed by atoms with Crippen molar-refractivity contribution in [3.8, 4) is 0 Å². The standard InChI is InChI=1S/C21H32ClN7.HI/c1-5-23-21(28(4)16-19-12-18(22)15-27(19)3)25-14-17-6-7-20(24-13-17)29-10-8-26(2)9-11-29;/h6-7,12-13,15H,5,8-11,14,16H2,1-4H3,(H,23,25);1H. The second-order valence-electron chi connectivity index (χ2n) is 7.60. The zero-order chi connectivity index (χ0) is 20.8. The number of hydrogen-bond acceptors (Lipinski definition) is 4. The normalized spacial score (nSPS) is 15.1. The summed E-state index contributed by atoms with van der Waals surface area (Å²) in [5.41, 5.74) is 2.25. The molecule has 0 spiro atoms. The van der Waals surface area contributed by atoms with Crippen LogP contribution in [0, 0.1) is 0 Å². The van der Waals surface area contributed by atoms with E-state index in [-0.39, 0.29) is 24.0 Å². The van der Waals surface area contributed by atoms with Crippen LogP contribution < -0.4 is 10.2 Å². The summed E-state index contributed by atoms with van der Waals surface area (Å²) < 4.78 is 2.05. The molecular formula is C21H33ClIN7. The summed E-state index contributed by atoms with van der Waals surface area (Å²) in [6.45, 7) is 8.44. The van der Waals surface area contributed by atoms with Gasteiger partial charge in [-0.05, 0) is 31.7 Å². The average Bonchev–Trinajstić information content (AvgIpc) is 3.03. The first-order chi connectivity index (χ1) is 14.0. The van der Waals surface area contributed by atoms with E-state index in [9.17, 15) is 0 Å². The largest absolute Gasteiger partial charge is 0.357 e. The third-order valence-electron chi connectivity index (χ3n) is 5.22. The van der Waals surface area contributed by atoms with E-state index in [0.29, 0.717) is 6.54 Å². The van der Waals surface area contributed by atoms with E-state index in [2.05, 4.69) is 51.1 Å². The third-order valence-corrected chi connectivity index (χ3v) is 5.42. The fraction of sp³-hybridized carbons (Fsp3) is 0.524. The van der Waals surface area contributed by atoms with E-state index < -0.39 is 0 Å². The average molecular weight is 546 g/mol. The lowest BCUT2D eigenvalue weighted by Gasteiger charge is -2.33. The van der Waals surface area contributed by atoms with Crippen LogP contribution >= 0.6 is 35.6 Å². The van der Waals surface area contributed by atoms with Crippen LogP contribution in [0.4, 0.5) is 5.82 Å². The fourth-order valence-electron chi connectivity index (χ4n) is 3.41. The van der Waals surface area contributed by atoms with Gasteiger partial charge in [-0.3, -0.25) is 0 Å². The van der Waals surface area contributed by atoms with Gasteiger partial charge in [0.15, 0.2) is 5.96 Å². The van der Waals surface area contributed by atoms with Gasteiger partial charge in [0, 0.05) is 64.9 Å². The van der Waals surface area contributed by atoms with Crippen molar-refractivity contribution >= 4 is 47.4 Å². The Kier molecular flexibility index (Phi) is 9.70. The molecule has 0 atom stereocenters. The van der Waals surface area contributed by atoms with E-state index in [1.54, 1.807) is 0 Å². The number of nitrogens with one attached hydrogen (secondary N) is 1. The number of halogens is 2. The van der Waals surface area contributed by atoms with Crippen molar-refractivity contribution in [3.63, 3.8) is 0 Å². The molecule has 2 aromatic heterocycles. The molecule has 0 aromatic carbocycles. The minimum absolute atomic E-state index is 0. The molecule has 1 aliphatic heterocycles. The number of nitrogens with zero attached hydrogens (tertiary/aromatic N) is 6. The molecule has 2 aromatic rings. The summed E-state index contributed by atoms with van der Waals surface area (Å²) in [5, 5.41) is 4.12. The predicted octanol–water partition coefficient (Wildman–Crippen LogP) is 3.04. The number of likely N-dealkylation sites (N-methyl/N-ethyl adjacent to an activating group) is 1. The van der Waals surface area contributed by atoms with Gasteiger partial charge in [0.05, 0.1) is 18.1 Å². The molecule has 1 N–H and O–H groups in total. The molecule has 166 valence electrons. The molecule has 3 heterocycles. The summed E-state index contributed by atoms with van der Waals surface area (Å²) in [4.78, 5) is 16.3. The summed E-state index contributed by atoms with van der Waals surface area (Å²) >= 11 is 6.11. The van der Waals surface area contributed by atoms with E-state index in [1.165, 1.54) is 0 Å². The van der Waals surface area contributed by atoms with Crippen molar-refractivity contribution in [2.24, 2.45) is 12.0 Å². The van der Waals surface area contributed by atoms with Gasteiger partial charge in [-0.25, -0.2) is 9.98 Å². The Balaban J connectivity index is 0.00000320. The minimum Gasteiger partial charge on any atom is -0.357 e. The van der Waals surface area contributed by atoms with Crippen molar-refractivity contribution in [3.05, 3.63) is 46.9 Å². The molecule has 7 nitrogen and oxygen atoms in total. The number of aromatic nitrogens is 2. The summed E-state index contributed by atoms with van der Waals surface area (Å²) in [7, 11) is 6.21. The predicted molar refractivity (Wildman–Crippen MR) is 136 cm³/mol. The number of hydrogen-bond donors (Lipinski definition) is 1. The highest BCUT2D eigenvalue weighted by atomic mass is 127. The Hall–Kier alpha value is -1.52. The van der Waals surface area contributed by atoms with Gasteiger partial charge >= 0.3 is 0 Å². The number of piperazine rings is 1. The maximum absolute atomic E-state index is 6.11. The fourth-order valence-corrected chi connectivity index (χ4v) is 3.68. The van der Waals surface area contributed by atoms with Gasteiger partial charge < -0.3 is 24.6 Å². The van der Waals surface area contributed by atoms with Gasteiger partial charge in [-0.1, -0.05) is 17.7 Å². The van der Waals surface area contributed by atoms with Crippen LogP contribution in [0.1, 0.15) is 18.2 Å². The molecule has 0 unspecified atom stereocenters. The van der Waals surface area contributed by atoms with Gasteiger partial charge in [0.25, 0.3) is 0 Å². The first-order valence-corrected chi connectivity index (χ1v) is 10.5. The summed E-state index contributed by atoms with van der Waals surface area (Å²) in [6, 6.07) is 6.23. The maximum Gasteiger partial charge on any atom is 0.194 e. The van der Waals surface area contributed by atoms with Crippen LogP contribution in [0.15, 0.2) is 35.6 Å². The van der Waals surface area contributed by atoms with Crippen LogP contribution in [0.3, 0.4) is 0 Å². The maximum atomic E-state index is 6.11. The second-order valence-corrected chi connectivity index (χ2v) is 8.04. The van der Waals surface area contributed by atoms with Gasteiger partial charge in [-0.15, -0.1) is 24.0 Å². The van der Waals surface area contributed by atoms with E-state index in [0.717, 1.165) is 67.3 Å². The zero-order valence-corrected chi connectivity index (χ0v) is 21.4. The lowest BCUT2D eigenvalue weighted by Crippen LogP contribution is -2.44. The Bertz CT molecular complexity index is 813. The quantitative estimate of drug-likeness (QED) is 0.344. The van der Waals surface area contributed by atoms with Crippen molar-refractivity contribution in [1.29, 1.82) is 0 Å². The number of aliphatic imine (C=N–C) groups is 1. The van der Waals surface area contributed by atoms with Crippen molar-refractivity contribution in [2.75, 3.05) is 51.7 Å². The topological polar surface area (TPSA) is 51.9 Å². The lowest BCUT2D eigenvalue weighted by molar-refractivity contribution is 0.312. The Morgan fingerprint density at radius 2 is 1.97 bits per heavy atom. The molecule has 3 rings (SSSR count). The Labute approximate surface area is 202 Å². The van der Waals surface area contributed by atoms with Crippen LogP contribution in [0.2, 0.25) is 5.02 Å². The number of anilines is 1. The highest BCUT2D eigenvalue weighted by molar-refractivity contribution is 14.0. The Morgan fingerprint density at radius 1 is 1.23 bits per heavy atom. The first kappa shape index (κ1) is 24.7. The van der Waals surface area contributed by atoms with Crippen LogP contribution in [-0.4, -0.2) is 72.1 Å². The molecule has 0 bridgehead atoms. The molecule has 9 heteroatoms. The lowest BCUT2D eigenvalue weighted by atomic mass is 10.2. The molecule has 1 fully saturated rings. The van der Waals surface area contributed by atoms with E-state index >= 15 is 0 Å². The minimum atomic E-state index is 0. The molecular weight excluding hydrogens is 513 g/mol. The first-order valence-electron chi connectivity index (χ1n) is 10.1. The van der Waals surface area contributed by atoms with Crippen LogP contribution in [0.25, 0.3) is 0 Å². The highest BCUT2D eigenvalue weighted by Gasteiger charge is 2.15. The van der Waals surface area contributed by atoms with Crippen LogP contribution in [0.5, 0.6) is 0 Å². The van der Waals surface area contributed by atoms with Crippen molar-refractivity contribution in [1.82, 2.24) is 24.7 Å². The molecule has 0 aliphatic carbocycles. The number of aryl methyl sites for hydroxylation is 1. The Morgan fingerprint density at radius 3 is 2.53 bits per heavy atom. The number of pyridine rings is 1. The monoisotopic (exact) mass is 545 g/mol. The van der Waals surface area contributed by atoms with Crippen molar-refractivity contribution < 1.29 is 0 Å². The second kappa shape index (κ2) is 11.8. The van der Waals surface area contributed by atoms with Gasteiger partial charge in [0.2, 0.25) is 0 Å². The van der Waals surface area contributed by atoms with E-state index in [4.69, 9.17) is 16.6 Å². The van der Waals surface area contributed by atoms with E-state index in [1.807, 2.05) is 37.1 Å². The number of guanidine groups is 1. The third kappa shape index (κ3) is 6.75. The van der Waals surface area contributed by atoms with Gasteiger partial charge in [-0.2, -0.15) is 0 Å². The molecule has 1 aliphatic rings. The SMILES string of the molecule is CCNC(=NCc1ccc(N2CCN(C)CC2)nc1)N(C)Cc1cc(Cl)cn1C.I. The summed E-state index contributed by atoms with van der Waals surface area (Å²) in [6.07, 6.45) is 3.86. The van der Waals surface area contributed by atoms with Crippen molar-refractivity contribution in [2.45, 2.75) is 20.0 Å². The number of rotatable bonds is 6. The molecule has 0 saturated carbocycles. The van der Waals surface area contributed by atoms with Crippen LogP contribution in [-0.2, 0) is 20.1 Å². The zero-order valence-electron chi connectivity index (χ0n) is 18.3.